The van der Waals surface area contributed by atoms with Crippen molar-refractivity contribution in [1.82, 2.24) is 14.5 Å². The van der Waals surface area contributed by atoms with Gasteiger partial charge in [0.1, 0.15) is 0 Å². The molecule has 2 aromatic heterocycles. The van der Waals surface area contributed by atoms with E-state index in [1.165, 1.54) is 0 Å². The maximum Gasteiger partial charge on any atom is 0.321 e. The molecule has 1 N–H and O–H groups in total. The predicted molar refractivity (Wildman–Crippen MR) is 117 cm³/mol. The molecular weight excluding hydrogens is 376 g/mol. The van der Waals surface area contributed by atoms with Crippen molar-refractivity contribution in [3.8, 4) is 11.1 Å². The summed E-state index contributed by atoms with van der Waals surface area (Å²) >= 11 is 0. The van der Waals surface area contributed by atoms with Crippen LogP contribution in [0.2, 0.25) is 0 Å². The first-order chi connectivity index (χ1) is 14.6. The molecule has 1 aromatic carbocycles. The molecule has 0 spiro atoms. The van der Waals surface area contributed by atoms with Gasteiger partial charge in [-0.3, -0.25) is 9.78 Å². The molecule has 0 radical (unpaired) electrons. The summed E-state index contributed by atoms with van der Waals surface area (Å²) in [5.41, 5.74) is 4.55. The van der Waals surface area contributed by atoms with Gasteiger partial charge in [0.2, 0.25) is 0 Å². The Morgan fingerprint density at radius 1 is 1.07 bits per heavy atom. The number of benzene rings is 1. The molecule has 2 aliphatic rings. The number of anilines is 1. The van der Waals surface area contributed by atoms with Crippen molar-refractivity contribution in [2.75, 3.05) is 18.4 Å². The van der Waals surface area contributed by atoms with E-state index >= 15 is 0 Å². The molecule has 1 saturated heterocycles. The van der Waals surface area contributed by atoms with Gasteiger partial charge in [-0.25, -0.2) is 4.79 Å². The number of amides is 2. The number of carbonyl (C=O) groups excluding carboxylic acids is 1. The number of aryl methyl sites for hydroxylation is 1. The molecule has 2 aliphatic heterocycles. The van der Waals surface area contributed by atoms with Gasteiger partial charge in [0.25, 0.3) is 5.56 Å². The highest BCUT2D eigenvalue weighted by molar-refractivity contribution is 5.89. The summed E-state index contributed by atoms with van der Waals surface area (Å²) in [5.74, 6) is 0.457. The number of rotatable bonds is 2. The molecule has 5 rings (SSSR count). The zero-order chi connectivity index (χ0) is 20.7. The molecule has 0 aliphatic carbocycles. The van der Waals surface area contributed by atoms with Crippen molar-refractivity contribution in [3.63, 3.8) is 0 Å². The minimum absolute atomic E-state index is 0.0350. The number of aromatic nitrogens is 2. The average molecular weight is 400 g/mol. The second-order valence-electron chi connectivity index (χ2n) is 8.33. The van der Waals surface area contributed by atoms with Crippen molar-refractivity contribution in [2.24, 2.45) is 5.92 Å². The first-order valence-electron chi connectivity index (χ1n) is 10.4. The fourth-order valence-electron chi connectivity index (χ4n) is 4.69. The molecule has 2 bridgehead atoms. The zero-order valence-corrected chi connectivity index (χ0v) is 16.9. The highest BCUT2D eigenvalue weighted by atomic mass is 16.2. The largest absolute Gasteiger partial charge is 0.324 e. The highest BCUT2D eigenvalue weighted by Gasteiger charge is 2.36. The Labute approximate surface area is 175 Å². The molecule has 2 atom stereocenters. The van der Waals surface area contributed by atoms with Crippen LogP contribution in [0.1, 0.15) is 23.6 Å². The van der Waals surface area contributed by atoms with Gasteiger partial charge in [0.05, 0.1) is 0 Å². The fourth-order valence-corrected chi connectivity index (χ4v) is 4.69. The number of fused-ring (bicyclic) bond motifs is 4. The van der Waals surface area contributed by atoms with E-state index in [2.05, 4.69) is 10.3 Å². The van der Waals surface area contributed by atoms with Crippen molar-refractivity contribution >= 4 is 11.7 Å². The van der Waals surface area contributed by atoms with Crippen molar-refractivity contribution < 1.29 is 4.79 Å². The summed E-state index contributed by atoms with van der Waals surface area (Å²) in [5, 5.41) is 3.01. The quantitative estimate of drug-likeness (QED) is 0.710. The van der Waals surface area contributed by atoms with E-state index in [0.29, 0.717) is 25.2 Å². The van der Waals surface area contributed by atoms with Crippen LogP contribution >= 0.6 is 0 Å². The maximum atomic E-state index is 13.2. The normalized spacial score (nSPS) is 19.8. The van der Waals surface area contributed by atoms with E-state index in [9.17, 15) is 9.59 Å². The molecule has 1 fully saturated rings. The van der Waals surface area contributed by atoms with Gasteiger partial charge in [0.15, 0.2) is 0 Å². The van der Waals surface area contributed by atoms with Gasteiger partial charge in [-0.05, 0) is 49.6 Å². The van der Waals surface area contributed by atoms with Crippen LogP contribution < -0.4 is 10.9 Å². The van der Waals surface area contributed by atoms with Crippen LogP contribution in [-0.4, -0.2) is 33.6 Å². The maximum absolute atomic E-state index is 13.2. The van der Waals surface area contributed by atoms with E-state index in [4.69, 9.17) is 0 Å². The number of urea groups is 1. The fraction of sp³-hybridized carbons (Fsp3) is 0.292. The second kappa shape index (κ2) is 7.44. The molecule has 6 nitrogen and oxygen atoms in total. The summed E-state index contributed by atoms with van der Waals surface area (Å²) in [6, 6.07) is 15.5. The van der Waals surface area contributed by atoms with E-state index < -0.39 is 0 Å². The SMILES string of the molecule is Cc1ccc(NC(=O)N2C[C@H]3C[C@H](C2)c2ccc(-c4cccnc4)c(=O)n2C3)cc1. The lowest BCUT2D eigenvalue weighted by Crippen LogP contribution is -2.50. The molecule has 4 heterocycles. The monoisotopic (exact) mass is 400 g/mol. The van der Waals surface area contributed by atoms with Crippen molar-refractivity contribution in [2.45, 2.75) is 25.8 Å². The highest BCUT2D eigenvalue weighted by Crippen LogP contribution is 2.36. The molecule has 2 amide bonds. The molecule has 30 heavy (non-hydrogen) atoms. The van der Waals surface area contributed by atoms with Crippen LogP contribution in [0.3, 0.4) is 0 Å². The molecule has 0 unspecified atom stereocenters. The predicted octanol–water partition coefficient (Wildman–Crippen LogP) is 3.87. The Balaban J connectivity index is 1.38. The number of hydrogen-bond acceptors (Lipinski definition) is 3. The number of carbonyl (C=O) groups is 1. The summed E-state index contributed by atoms with van der Waals surface area (Å²) < 4.78 is 1.91. The Hall–Kier alpha value is -3.41. The number of nitrogens with one attached hydrogen (secondary N) is 1. The van der Waals surface area contributed by atoms with Crippen LogP contribution in [0, 0.1) is 12.8 Å². The third-order valence-corrected chi connectivity index (χ3v) is 6.17. The smallest absolute Gasteiger partial charge is 0.321 e. The lowest BCUT2D eigenvalue weighted by atomic mass is 9.83. The number of nitrogens with zero attached hydrogens (tertiary/aromatic N) is 3. The standard InChI is InChI=1S/C24H24N4O2/c1-16-4-6-20(7-5-16)26-24(30)27-13-17-11-19(15-27)22-9-8-21(23(29)28(22)14-17)18-3-2-10-25-12-18/h2-10,12,17,19H,11,13-15H2,1H3,(H,26,30)/t17-,19-/m1/s1. The number of piperidine rings is 1. The summed E-state index contributed by atoms with van der Waals surface area (Å²) in [6.45, 7) is 3.96. The van der Waals surface area contributed by atoms with Crippen LogP contribution in [0.15, 0.2) is 65.7 Å². The molecule has 152 valence electrons. The van der Waals surface area contributed by atoms with Crippen LogP contribution in [0.4, 0.5) is 10.5 Å². The zero-order valence-electron chi connectivity index (χ0n) is 16.9. The first kappa shape index (κ1) is 18.6. The van der Waals surface area contributed by atoms with Crippen molar-refractivity contribution in [3.05, 3.63) is 82.5 Å². The summed E-state index contributed by atoms with van der Waals surface area (Å²) in [7, 11) is 0. The van der Waals surface area contributed by atoms with E-state index in [-0.39, 0.29) is 23.4 Å². The lowest BCUT2D eigenvalue weighted by molar-refractivity contribution is 0.139. The number of pyridine rings is 2. The van der Waals surface area contributed by atoms with Gasteiger partial charge in [-0.15, -0.1) is 0 Å². The molecule has 3 aromatic rings. The third-order valence-electron chi connectivity index (χ3n) is 6.17. The Kier molecular flexibility index (Phi) is 4.62. The average Bonchev–Trinajstić information content (AvgIpc) is 2.76. The Morgan fingerprint density at radius 2 is 1.90 bits per heavy atom. The van der Waals surface area contributed by atoms with Crippen molar-refractivity contribution in [1.29, 1.82) is 0 Å². The van der Waals surface area contributed by atoms with Crippen LogP contribution in [-0.2, 0) is 6.54 Å². The minimum Gasteiger partial charge on any atom is -0.324 e. The van der Waals surface area contributed by atoms with Gasteiger partial charge < -0.3 is 14.8 Å². The topological polar surface area (TPSA) is 67.2 Å². The van der Waals surface area contributed by atoms with E-state index in [1.54, 1.807) is 12.4 Å². The third kappa shape index (κ3) is 3.38. The Bertz CT molecular complexity index is 1140. The van der Waals surface area contributed by atoms with Crippen LogP contribution in [0.25, 0.3) is 11.1 Å². The molecule has 0 saturated carbocycles. The summed E-state index contributed by atoms with van der Waals surface area (Å²) in [4.78, 5) is 32.0. The summed E-state index contributed by atoms with van der Waals surface area (Å²) in [6.07, 6.45) is 4.45. The number of hydrogen-bond donors (Lipinski definition) is 1. The van der Waals surface area contributed by atoms with Gasteiger partial charge in [-0.1, -0.05) is 23.8 Å². The molecule has 6 heteroatoms. The van der Waals surface area contributed by atoms with E-state index in [0.717, 1.165) is 28.9 Å². The van der Waals surface area contributed by atoms with Gasteiger partial charge >= 0.3 is 6.03 Å². The van der Waals surface area contributed by atoms with Crippen LogP contribution in [0.5, 0.6) is 0 Å². The second-order valence-corrected chi connectivity index (χ2v) is 8.33. The van der Waals surface area contributed by atoms with E-state index in [1.807, 2.05) is 64.9 Å². The lowest BCUT2D eigenvalue weighted by Gasteiger charge is -2.42. The molecular formula is C24H24N4O2. The van der Waals surface area contributed by atoms with Gasteiger partial charge in [-0.2, -0.15) is 0 Å². The first-order valence-corrected chi connectivity index (χ1v) is 10.4. The minimum atomic E-state index is -0.0728. The Morgan fingerprint density at radius 3 is 2.67 bits per heavy atom. The van der Waals surface area contributed by atoms with Gasteiger partial charge in [0, 0.05) is 60.5 Å². The number of likely N-dealkylation sites (tertiary alicyclic amines) is 1.